The van der Waals surface area contributed by atoms with Gasteiger partial charge in [0, 0.05) is 43.3 Å². The largest absolute Gasteiger partial charge is 0.491 e. The van der Waals surface area contributed by atoms with Crippen LogP contribution in [0.4, 0.5) is 0 Å². The summed E-state index contributed by atoms with van der Waals surface area (Å²) in [5, 5.41) is 1.06. The monoisotopic (exact) mass is 360 g/mol. The molecule has 0 N–H and O–H groups in total. The highest BCUT2D eigenvalue weighted by atomic mass is 32.1. The molecule has 0 saturated carbocycles. The molecule has 1 aromatic heterocycles. The van der Waals surface area contributed by atoms with Gasteiger partial charge in [0.1, 0.15) is 12.4 Å². The van der Waals surface area contributed by atoms with E-state index in [-0.39, 0.29) is 12.0 Å². The Morgan fingerprint density at radius 1 is 1.40 bits per heavy atom. The summed E-state index contributed by atoms with van der Waals surface area (Å²) in [6.07, 6.45) is 5.01. The zero-order chi connectivity index (χ0) is 17.6. The fraction of sp³-hybridized carbons (Fsp3) is 0.474. The third-order valence-electron chi connectivity index (χ3n) is 4.24. The van der Waals surface area contributed by atoms with Crippen LogP contribution in [-0.4, -0.2) is 48.7 Å². The second-order valence-electron chi connectivity index (χ2n) is 6.31. The van der Waals surface area contributed by atoms with Crippen molar-refractivity contribution >= 4 is 17.2 Å². The molecule has 134 valence electrons. The first kappa shape index (κ1) is 17.9. The maximum atomic E-state index is 12.5. The van der Waals surface area contributed by atoms with Crippen molar-refractivity contribution in [3.05, 3.63) is 45.9 Å². The SMILES string of the molecule is Cc1cnc(CCN(C)C(=O)c2ccc(OCC3CCCO3)cc2)s1. The molecule has 3 rings (SSSR count). The van der Waals surface area contributed by atoms with Crippen molar-refractivity contribution in [1.29, 1.82) is 0 Å². The lowest BCUT2D eigenvalue weighted by molar-refractivity contribution is 0.0679. The van der Waals surface area contributed by atoms with E-state index in [1.54, 1.807) is 16.2 Å². The summed E-state index contributed by atoms with van der Waals surface area (Å²) in [5.74, 6) is 0.784. The molecule has 1 aliphatic rings. The normalized spacial score (nSPS) is 16.8. The van der Waals surface area contributed by atoms with Crippen molar-refractivity contribution in [3.8, 4) is 5.75 Å². The number of carbonyl (C=O) groups excluding carboxylic acids is 1. The number of likely N-dealkylation sites (N-methyl/N-ethyl adjacent to an activating group) is 1. The summed E-state index contributed by atoms with van der Waals surface area (Å²) in [6.45, 7) is 4.09. The third kappa shape index (κ3) is 5.03. The van der Waals surface area contributed by atoms with E-state index in [2.05, 4.69) is 4.98 Å². The van der Waals surface area contributed by atoms with E-state index in [0.717, 1.165) is 36.6 Å². The van der Waals surface area contributed by atoms with Gasteiger partial charge in [-0.25, -0.2) is 4.98 Å². The van der Waals surface area contributed by atoms with Crippen molar-refractivity contribution < 1.29 is 14.3 Å². The van der Waals surface area contributed by atoms with Gasteiger partial charge in [0.15, 0.2) is 0 Å². The van der Waals surface area contributed by atoms with Gasteiger partial charge in [0.2, 0.25) is 0 Å². The molecule has 1 unspecified atom stereocenters. The second kappa shape index (κ2) is 8.45. The third-order valence-corrected chi connectivity index (χ3v) is 5.21. The number of ether oxygens (including phenoxy) is 2. The summed E-state index contributed by atoms with van der Waals surface area (Å²) >= 11 is 1.68. The summed E-state index contributed by atoms with van der Waals surface area (Å²) < 4.78 is 11.3. The van der Waals surface area contributed by atoms with Crippen molar-refractivity contribution in [2.24, 2.45) is 0 Å². The van der Waals surface area contributed by atoms with Gasteiger partial charge >= 0.3 is 0 Å². The fourth-order valence-corrected chi connectivity index (χ4v) is 3.54. The van der Waals surface area contributed by atoms with Crippen LogP contribution < -0.4 is 4.74 Å². The number of nitrogens with zero attached hydrogens (tertiary/aromatic N) is 2. The molecule has 0 radical (unpaired) electrons. The van der Waals surface area contributed by atoms with E-state index in [4.69, 9.17) is 9.47 Å². The molecular weight excluding hydrogens is 336 g/mol. The molecule has 5 nitrogen and oxygen atoms in total. The maximum Gasteiger partial charge on any atom is 0.253 e. The molecule has 0 spiro atoms. The first-order valence-electron chi connectivity index (χ1n) is 8.63. The average molecular weight is 360 g/mol. The van der Waals surface area contributed by atoms with Gasteiger partial charge in [-0.1, -0.05) is 0 Å². The second-order valence-corrected chi connectivity index (χ2v) is 7.63. The minimum atomic E-state index is 0.0129. The Bertz CT molecular complexity index is 693. The van der Waals surface area contributed by atoms with Crippen LogP contribution in [0.5, 0.6) is 5.75 Å². The quantitative estimate of drug-likeness (QED) is 0.760. The van der Waals surface area contributed by atoms with E-state index in [1.165, 1.54) is 4.88 Å². The Balaban J connectivity index is 1.48. The smallest absolute Gasteiger partial charge is 0.253 e. The molecule has 0 bridgehead atoms. The first-order valence-corrected chi connectivity index (χ1v) is 9.44. The Morgan fingerprint density at radius 2 is 2.20 bits per heavy atom. The highest BCUT2D eigenvalue weighted by Crippen LogP contribution is 2.17. The lowest BCUT2D eigenvalue weighted by Crippen LogP contribution is -2.28. The van der Waals surface area contributed by atoms with Crippen LogP contribution in [0.2, 0.25) is 0 Å². The minimum Gasteiger partial charge on any atom is -0.491 e. The summed E-state index contributed by atoms with van der Waals surface area (Å²) in [4.78, 5) is 19.8. The average Bonchev–Trinajstić information content (AvgIpc) is 3.29. The van der Waals surface area contributed by atoms with Crippen molar-refractivity contribution in [3.63, 3.8) is 0 Å². The molecule has 2 heterocycles. The van der Waals surface area contributed by atoms with Gasteiger partial charge in [0.25, 0.3) is 5.91 Å². The molecule has 1 amide bonds. The van der Waals surface area contributed by atoms with Crippen LogP contribution in [0.1, 0.15) is 33.1 Å². The number of carbonyl (C=O) groups is 1. The fourth-order valence-electron chi connectivity index (χ4n) is 2.76. The number of hydrogen-bond acceptors (Lipinski definition) is 5. The number of aryl methyl sites for hydroxylation is 1. The van der Waals surface area contributed by atoms with Crippen molar-refractivity contribution in [2.75, 3.05) is 26.8 Å². The molecule has 1 saturated heterocycles. The molecule has 1 aliphatic heterocycles. The molecular formula is C19H24N2O3S. The van der Waals surface area contributed by atoms with E-state index >= 15 is 0 Å². The molecule has 0 aliphatic carbocycles. The van der Waals surface area contributed by atoms with Crippen molar-refractivity contribution in [2.45, 2.75) is 32.3 Å². The van der Waals surface area contributed by atoms with Crippen molar-refractivity contribution in [1.82, 2.24) is 9.88 Å². The van der Waals surface area contributed by atoms with Crippen LogP contribution in [0.3, 0.4) is 0 Å². The molecule has 1 aromatic carbocycles. The predicted octanol–water partition coefficient (Wildman–Crippen LogP) is 3.32. The highest BCUT2D eigenvalue weighted by Gasteiger charge is 2.16. The van der Waals surface area contributed by atoms with Gasteiger partial charge in [-0.05, 0) is 44.0 Å². The topological polar surface area (TPSA) is 51.7 Å². The molecule has 1 fully saturated rings. The Morgan fingerprint density at radius 3 is 2.84 bits per heavy atom. The predicted molar refractivity (Wildman–Crippen MR) is 98.4 cm³/mol. The summed E-state index contributed by atoms with van der Waals surface area (Å²) in [5.41, 5.74) is 0.669. The zero-order valence-corrected chi connectivity index (χ0v) is 15.6. The molecule has 2 aromatic rings. The number of benzene rings is 1. The standard InChI is InChI=1S/C19H24N2O3S/c1-14-12-20-18(25-14)9-10-21(2)19(22)15-5-7-16(8-6-15)24-13-17-4-3-11-23-17/h5-8,12,17H,3-4,9-11,13H2,1-2H3. The van der Waals surface area contributed by atoms with Crippen LogP contribution in [-0.2, 0) is 11.2 Å². The summed E-state index contributed by atoms with van der Waals surface area (Å²) in [6, 6.07) is 7.33. The first-order chi connectivity index (χ1) is 12.1. The Labute approximate surface area is 152 Å². The molecule has 25 heavy (non-hydrogen) atoms. The van der Waals surface area contributed by atoms with Gasteiger partial charge in [0.05, 0.1) is 11.1 Å². The van der Waals surface area contributed by atoms with Gasteiger partial charge in [-0.2, -0.15) is 0 Å². The van der Waals surface area contributed by atoms with Gasteiger partial charge < -0.3 is 14.4 Å². The minimum absolute atomic E-state index is 0.0129. The zero-order valence-electron chi connectivity index (χ0n) is 14.7. The van der Waals surface area contributed by atoms with Crippen LogP contribution in [0.15, 0.2) is 30.5 Å². The number of amides is 1. The highest BCUT2D eigenvalue weighted by molar-refractivity contribution is 7.11. The molecule has 6 heteroatoms. The van der Waals surface area contributed by atoms with Crippen LogP contribution >= 0.6 is 11.3 Å². The van der Waals surface area contributed by atoms with E-state index in [1.807, 2.05) is 44.4 Å². The number of thiazole rings is 1. The van der Waals surface area contributed by atoms with Gasteiger partial charge in [-0.3, -0.25) is 4.79 Å². The van der Waals surface area contributed by atoms with E-state index < -0.39 is 0 Å². The number of hydrogen-bond donors (Lipinski definition) is 0. The number of rotatable bonds is 7. The summed E-state index contributed by atoms with van der Waals surface area (Å²) in [7, 11) is 1.82. The van der Waals surface area contributed by atoms with Gasteiger partial charge in [-0.15, -0.1) is 11.3 Å². The lowest BCUT2D eigenvalue weighted by Gasteiger charge is -2.17. The Kier molecular flexibility index (Phi) is 6.04. The van der Waals surface area contributed by atoms with Crippen LogP contribution in [0.25, 0.3) is 0 Å². The lowest BCUT2D eigenvalue weighted by atomic mass is 10.2. The Hall–Kier alpha value is -1.92. The molecule has 1 atom stereocenters. The maximum absolute atomic E-state index is 12.5. The van der Waals surface area contributed by atoms with Crippen LogP contribution in [0, 0.1) is 6.92 Å². The van der Waals surface area contributed by atoms with E-state index in [0.29, 0.717) is 18.7 Å². The number of aromatic nitrogens is 1. The van der Waals surface area contributed by atoms with E-state index in [9.17, 15) is 4.79 Å².